The molecule has 21 heteroatoms. The molecule has 0 saturated carbocycles. The second-order valence-corrected chi connectivity index (χ2v) is 35.2. The van der Waals surface area contributed by atoms with Crippen LogP contribution in [-0.4, -0.2) is 107 Å². The van der Waals surface area contributed by atoms with Crippen molar-refractivity contribution in [1.29, 1.82) is 0 Å². The van der Waals surface area contributed by atoms with E-state index < -0.39 is 0 Å². The summed E-state index contributed by atoms with van der Waals surface area (Å²) in [6, 6.07) is 110. The molecule has 21 N–H and O–H groups in total. The minimum atomic E-state index is 0.116. The molecule has 0 unspecified atom stereocenters. The molecule has 21 nitrogen and oxygen atoms in total. The van der Waals surface area contributed by atoms with Crippen molar-refractivity contribution in [2.75, 3.05) is 0 Å². The summed E-state index contributed by atoms with van der Waals surface area (Å²) >= 11 is 0. The molecule has 0 aliphatic carbocycles. The Hall–Kier alpha value is -19.0. The minimum absolute atomic E-state index is 0.116. The summed E-state index contributed by atoms with van der Waals surface area (Å²) in [4.78, 5) is 0. The van der Waals surface area contributed by atoms with Crippen LogP contribution in [0.4, 0.5) is 0 Å². The Balaban J connectivity index is 0.000000125. The maximum Gasteiger partial charge on any atom is 0.127 e. The predicted octanol–water partition coefficient (Wildman–Crippen LogP) is 25.2. The van der Waals surface area contributed by atoms with Crippen molar-refractivity contribution in [3.05, 3.63) is 482 Å². The Morgan fingerprint density at radius 3 is 0.868 bits per heavy atom. The van der Waals surface area contributed by atoms with Crippen LogP contribution in [0, 0.1) is 0 Å². The van der Waals surface area contributed by atoms with Gasteiger partial charge in [0.15, 0.2) is 0 Å². The summed E-state index contributed by atoms with van der Waals surface area (Å²) in [6.07, 6.45) is 4.61. The molecule has 0 bridgehead atoms. The van der Waals surface area contributed by atoms with Crippen LogP contribution in [0.2, 0.25) is 0 Å². The number of rotatable bonds is 18. The largest absolute Gasteiger partial charge is 0.508 e. The lowest BCUT2D eigenvalue weighted by Gasteiger charge is -2.15. The van der Waals surface area contributed by atoms with Gasteiger partial charge in [-0.05, 0) is 310 Å². The molecule has 0 amide bonds. The third-order valence-electron chi connectivity index (χ3n) is 25.0. The van der Waals surface area contributed by atoms with E-state index >= 15 is 0 Å². The van der Waals surface area contributed by atoms with Crippen LogP contribution < -0.4 is 0 Å². The maximum absolute atomic E-state index is 11.0. The smallest absolute Gasteiger partial charge is 0.127 e. The summed E-state index contributed by atoms with van der Waals surface area (Å²) in [5.74, 6) is 3.55. The van der Waals surface area contributed by atoms with Crippen LogP contribution in [0.1, 0.15) is 100 Å². The predicted molar refractivity (Wildman–Crippen MR) is 562 cm³/mol. The molecular formula is C123H102O21. The summed E-state index contributed by atoms with van der Waals surface area (Å²) in [5.41, 5.74) is 15.4. The normalized spacial score (nSPS) is 10.9. The van der Waals surface area contributed by atoms with Crippen LogP contribution in [0.5, 0.6) is 121 Å². The van der Waals surface area contributed by atoms with Crippen LogP contribution >= 0.6 is 0 Å². The zero-order chi connectivity index (χ0) is 101. The number of phenols is 21. The van der Waals surface area contributed by atoms with Gasteiger partial charge in [0.2, 0.25) is 0 Å². The van der Waals surface area contributed by atoms with E-state index in [-0.39, 0.29) is 121 Å². The van der Waals surface area contributed by atoms with E-state index in [0.29, 0.717) is 107 Å². The highest BCUT2D eigenvalue weighted by Gasteiger charge is 2.22. The summed E-state index contributed by atoms with van der Waals surface area (Å²) < 4.78 is 0. The van der Waals surface area contributed by atoms with Crippen LogP contribution in [-0.2, 0) is 57.8 Å². The van der Waals surface area contributed by atoms with Gasteiger partial charge in [-0.1, -0.05) is 194 Å². The Morgan fingerprint density at radius 1 is 0.125 bits per heavy atom. The van der Waals surface area contributed by atoms with Crippen molar-refractivity contribution in [2.45, 2.75) is 57.8 Å². The van der Waals surface area contributed by atoms with E-state index in [4.69, 9.17) is 0 Å². The molecule has 144 heavy (non-hydrogen) atoms. The van der Waals surface area contributed by atoms with Gasteiger partial charge in [0.25, 0.3) is 0 Å². The number of phenolic OH excluding ortho intramolecular Hbond substituents is 21. The van der Waals surface area contributed by atoms with Gasteiger partial charge in [-0.2, -0.15) is 0 Å². The molecular weight excluding hydrogens is 1810 g/mol. The Labute approximate surface area is 827 Å². The van der Waals surface area contributed by atoms with Gasteiger partial charge < -0.3 is 107 Å². The molecule has 0 atom stereocenters. The van der Waals surface area contributed by atoms with Gasteiger partial charge in [0.05, 0.1) is 0 Å². The molecule has 21 aromatic carbocycles. The third kappa shape index (κ3) is 24.2. The highest BCUT2D eigenvalue weighted by Crippen LogP contribution is 2.44. The van der Waals surface area contributed by atoms with E-state index in [2.05, 4.69) is 0 Å². The first-order valence-electron chi connectivity index (χ1n) is 46.1. The first-order valence-corrected chi connectivity index (χ1v) is 46.1. The monoisotopic (exact) mass is 1910 g/mol. The molecule has 0 aromatic heterocycles. The third-order valence-corrected chi connectivity index (χ3v) is 25.0. The van der Waals surface area contributed by atoms with Gasteiger partial charge in [-0.25, -0.2) is 0 Å². The zero-order valence-corrected chi connectivity index (χ0v) is 77.6. The summed E-state index contributed by atoms with van der Waals surface area (Å²) in [7, 11) is 0. The van der Waals surface area contributed by atoms with Gasteiger partial charge in [-0.3, -0.25) is 0 Å². The van der Waals surface area contributed by atoms with Crippen molar-refractivity contribution < 1.29 is 107 Å². The molecule has 21 rings (SSSR count). The lowest BCUT2D eigenvalue weighted by Crippen LogP contribution is -1.97. The van der Waals surface area contributed by atoms with Crippen molar-refractivity contribution in [3.8, 4) is 121 Å². The van der Waals surface area contributed by atoms with Gasteiger partial charge in [0.1, 0.15) is 121 Å². The second-order valence-electron chi connectivity index (χ2n) is 35.2. The highest BCUT2D eigenvalue weighted by molar-refractivity contribution is 5.98. The molecule has 0 radical (unpaired) electrons. The van der Waals surface area contributed by atoms with Crippen LogP contribution in [0.15, 0.2) is 382 Å². The standard InChI is InChI=1S/3C24H20O4.3C17H14O3/c25-20-7-1-15(2-8-20)11-18-6-5-17-13-19(23(27)14-22(17)24(18)28)12-16-3-9-21(26)10-4-16;25-18-6-1-15(2-7-18)13-17-5-11-23(28)24-20(17)10-12-22(27)21(24)14-16-3-8-19(26)9-4-16;25-19-9-7-15(8-10-19)13-21-23-17(4-2-6-22(23)27)14-18(24(21)28)11-16-3-1-5-20(26)12-16;18-14-6-1-11(2-7-14)9-13-4-3-12-5-8-15(19)10-16(12)17(13)20;18-13-7-4-11(5-8-13)10-14-15(19)9-6-12-2-1-3-16(20)17(12)14;18-14-6-4-11(5-7-14)8-13-9-12-2-1-3-16(19)15(12)10-17(13)20/h1-10,13-14,25-28H,11-12H2;1-12,25-28H,13-14H2;1-10,12,14,25-28H,11,13H2;1-8,10,18-20H,9H2;1-9,18-20H,10H2;1-7,9-10,18-20H,8H2. The van der Waals surface area contributed by atoms with Crippen molar-refractivity contribution in [1.82, 2.24) is 0 Å². The number of hydrogen-bond donors (Lipinski definition) is 21. The number of hydrogen-bond acceptors (Lipinski definition) is 21. The minimum Gasteiger partial charge on any atom is -0.508 e. The van der Waals surface area contributed by atoms with Gasteiger partial charge >= 0.3 is 0 Å². The first kappa shape index (κ1) is 98.0. The molecule has 0 spiro atoms. The molecule has 0 fully saturated rings. The molecule has 0 aliphatic heterocycles. The van der Waals surface area contributed by atoms with E-state index in [1.54, 1.807) is 243 Å². The number of aromatic hydroxyl groups is 21. The Kier molecular flexibility index (Phi) is 30.1. The quantitative estimate of drug-likeness (QED) is 0.0379. The zero-order valence-electron chi connectivity index (χ0n) is 77.6. The summed E-state index contributed by atoms with van der Waals surface area (Å²) in [5, 5.41) is 217. The second kappa shape index (κ2) is 44.2. The lowest BCUT2D eigenvalue weighted by atomic mass is 9.91. The fourth-order valence-corrected chi connectivity index (χ4v) is 17.6. The Bertz CT molecular complexity index is 8060. The maximum atomic E-state index is 11.0. The SMILES string of the molecule is Oc1ccc(Cc2c(O)c(Cc3cccc(O)c3)cc3cccc(O)c23)cc1.Oc1ccc(Cc2c(O)ccc3cccc(O)c23)cc1.Oc1ccc(Cc2cc3ccc(Cc4ccc(O)cc4)c(O)c3cc2O)cc1.Oc1ccc(Cc2cc3cccc(O)c3cc2O)cc1.Oc1ccc(Cc2ccc(O)c3c(Cc4ccc(O)cc4)c(O)ccc23)cc1.Oc1ccc(Cc2ccc3ccc(O)cc3c2O)cc1. The van der Waals surface area contributed by atoms with Crippen molar-refractivity contribution in [2.24, 2.45) is 0 Å². The summed E-state index contributed by atoms with van der Waals surface area (Å²) in [6.45, 7) is 0. The van der Waals surface area contributed by atoms with E-state index in [1.807, 2.05) is 140 Å². The van der Waals surface area contributed by atoms with Crippen molar-refractivity contribution >= 4 is 64.6 Å². The number of benzene rings is 21. The number of fused-ring (bicyclic) bond motifs is 6. The van der Waals surface area contributed by atoms with E-state index in [9.17, 15) is 107 Å². The molecule has 720 valence electrons. The molecule has 21 aromatic rings. The highest BCUT2D eigenvalue weighted by atomic mass is 16.3. The average Bonchev–Trinajstić information content (AvgIpc) is 0.772. The van der Waals surface area contributed by atoms with Crippen molar-refractivity contribution in [3.63, 3.8) is 0 Å². The topological polar surface area (TPSA) is 425 Å². The van der Waals surface area contributed by atoms with Crippen LogP contribution in [0.25, 0.3) is 64.6 Å². The molecule has 0 aliphatic rings. The van der Waals surface area contributed by atoms with Gasteiger partial charge in [0, 0.05) is 100 Å². The first-order chi connectivity index (χ1) is 69.4. The lowest BCUT2D eigenvalue weighted by molar-refractivity contribution is 0.461. The molecule has 0 saturated heterocycles. The van der Waals surface area contributed by atoms with Crippen LogP contribution in [0.3, 0.4) is 0 Å². The fraction of sp³-hybridized carbons (Fsp3) is 0.0732. The van der Waals surface area contributed by atoms with E-state index in [1.165, 1.54) is 0 Å². The molecule has 0 heterocycles. The van der Waals surface area contributed by atoms with E-state index in [0.717, 1.165) is 116 Å². The van der Waals surface area contributed by atoms with Gasteiger partial charge in [-0.15, -0.1) is 0 Å². The average molecular weight is 1920 g/mol. The fourth-order valence-electron chi connectivity index (χ4n) is 17.6. The Morgan fingerprint density at radius 2 is 0.417 bits per heavy atom.